The first-order valence-electron chi connectivity index (χ1n) is 16.2. The third kappa shape index (κ3) is 7.68. The maximum Gasteiger partial charge on any atom is 0.292 e. The SMILES string of the molecule is CCn1cc[n+](C)c1C([O-])=Nc1cccc(Oc2ccc(S(=O)(=O)c3ccc(Oc4cccc(N=C([O-])c5n(CC)cc[n+]5C)c4)cc3)cc2)c1. The highest BCUT2D eigenvalue weighted by Crippen LogP contribution is 2.30. The standard InChI is InChI=1S/C38H36N6O6S/c1-5-43-23-21-41(3)37(43)35(45)39-27-9-7-11-31(25-27)49-29-13-17-33(18-14-29)51(47,48)34-19-15-30(16-20-34)50-32-12-8-10-28(26-32)40-36(46)38-42(4)22-24-44(38)6-2/h7-26H,5-6H2,1-4H3. The molecule has 12 nitrogen and oxygen atoms in total. The van der Waals surface area contributed by atoms with Gasteiger partial charge in [-0.1, -0.05) is 12.1 Å². The van der Waals surface area contributed by atoms with Crippen molar-refractivity contribution in [3.8, 4) is 23.0 Å². The molecule has 2 heterocycles. The van der Waals surface area contributed by atoms with Crippen molar-refractivity contribution in [1.29, 1.82) is 0 Å². The van der Waals surface area contributed by atoms with Crippen LogP contribution in [0.2, 0.25) is 0 Å². The minimum absolute atomic E-state index is 0.0891. The Hall–Kier alpha value is -6.21. The number of hydrogen-bond donors (Lipinski definition) is 0. The van der Waals surface area contributed by atoms with Crippen LogP contribution in [0, 0.1) is 0 Å². The Labute approximate surface area is 296 Å². The summed E-state index contributed by atoms with van der Waals surface area (Å²) in [6.07, 6.45) is 7.26. The van der Waals surface area contributed by atoms with Gasteiger partial charge in [-0.2, -0.15) is 0 Å². The van der Waals surface area contributed by atoms with Gasteiger partial charge in [0.25, 0.3) is 11.6 Å². The van der Waals surface area contributed by atoms with E-state index < -0.39 is 9.84 Å². The number of rotatable bonds is 12. The minimum Gasteiger partial charge on any atom is -0.853 e. The summed E-state index contributed by atoms with van der Waals surface area (Å²) in [5.74, 6) is 1.88. The van der Waals surface area contributed by atoms with Crippen molar-refractivity contribution in [2.24, 2.45) is 24.1 Å². The Morgan fingerprint density at radius 1 is 0.627 bits per heavy atom. The summed E-state index contributed by atoms with van der Waals surface area (Å²) in [6.45, 7) is 5.18. The molecule has 13 heteroatoms. The number of aryl methyl sites for hydroxylation is 4. The zero-order chi connectivity index (χ0) is 36.1. The molecule has 4 aromatic carbocycles. The maximum absolute atomic E-state index is 13.4. The molecule has 0 fully saturated rings. The Morgan fingerprint density at radius 3 is 1.39 bits per heavy atom. The minimum atomic E-state index is -3.84. The fraction of sp³-hybridized carbons (Fsp3) is 0.158. The lowest BCUT2D eigenvalue weighted by atomic mass is 10.3. The smallest absolute Gasteiger partial charge is 0.292 e. The van der Waals surface area contributed by atoms with E-state index in [2.05, 4.69) is 9.98 Å². The van der Waals surface area contributed by atoms with Crippen LogP contribution in [0.15, 0.2) is 142 Å². The van der Waals surface area contributed by atoms with Gasteiger partial charge in [-0.25, -0.2) is 26.7 Å². The molecule has 51 heavy (non-hydrogen) atoms. The average Bonchev–Trinajstić information content (AvgIpc) is 3.70. The monoisotopic (exact) mass is 704 g/mol. The third-order valence-corrected chi connectivity index (χ3v) is 9.84. The molecule has 0 aliphatic rings. The van der Waals surface area contributed by atoms with Gasteiger partial charge in [0.1, 0.15) is 47.8 Å². The second-order valence-electron chi connectivity index (χ2n) is 11.5. The van der Waals surface area contributed by atoms with Crippen LogP contribution in [0.5, 0.6) is 23.0 Å². The lowest BCUT2D eigenvalue weighted by Gasteiger charge is -2.11. The van der Waals surface area contributed by atoms with E-state index in [1.807, 2.05) is 35.4 Å². The molecule has 0 aliphatic heterocycles. The summed E-state index contributed by atoms with van der Waals surface area (Å²) in [4.78, 5) is 8.67. The second kappa shape index (κ2) is 14.7. The van der Waals surface area contributed by atoms with Gasteiger partial charge in [0.05, 0.1) is 60.1 Å². The Balaban J connectivity index is 1.12. The molecule has 0 radical (unpaired) electrons. The number of aromatic nitrogens is 4. The van der Waals surface area contributed by atoms with Crippen LogP contribution >= 0.6 is 0 Å². The topological polar surface area (TPSA) is 141 Å². The molecule has 0 saturated carbocycles. The van der Waals surface area contributed by atoms with Crippen molar-refractivity contribution in [3.05, 3.63) is 133 Å². The highest BCUT2D eigenvalue weighted by Gasteiger charge is 2.19. The van der Waals surface area contributed by atoms with E-state index >= 15 is 0 Å². The highest BCUT2D eigenvalue weighted by molar-refractivity contribution is 7.91. The molecule has 0 atom stereocenters. The first-order chi connectivity index (χ1) is 24.5. The normalized spacial score (nSPS) is 12.2. The Morgan fingerprint density at radius 2 is 1.02 bits per heavy atom. The predicted molar refractivity (Wildman–Crippen MR) is 186 cm³/mol. The summed E-state index contributed by atoms with van der Waals surface area (Å²) in [6, 6.07) is 25.8. The number of benzene rings is 4. The fourth-order valence-corrected chi connectivity index (χ4v) is 6.72. The van der Waals surface area contributed by atoms with Crippen molar-refractivity contribution in [1.82, 2.24) is 9.13 Å². The van der Waals surface area contributed by atoms with Gasteiger partial charge in [0.15, 0.2) is 0 Å². The Kier molecular flexibility index (Phi) is 10.0. The van der Waals surface area contributed by atoms with Gasteiger partial charge in [-0.15, -0.1) is 0 Å². The van der Waals surface area contributed by atoms with Crippen LogP contribution in [0.1, 0.15) is 25.5 Å². The third-order valence-electron chi connectivity index (χ3n) is 8.05. The summed E-state index contributed by atoms with van der Waals surface area (Å²) >= 11 is 0. The lowest BCUT2D eigenvalue weighted by molar-refractivity contribution is -0.674. The number of imidazole rings is 2. The van der Waals surface area contributed by atoms with E-state index in [0.29, 0.717) is 59.1 Å². The van der Waals surface area contributed by atoms with E-state index in [1.165, 1.54) is 24.3 Å². The molecule has 0 amide bonds. The summed E-state index contributed by atoms with van der Waals surface area (Å²) in [5.41, 5.74) is 0.858. The molecule has 6 aromatic rings. The van der Waals surface area contributed by atoms with Gasteiger partial charge >= 0.3 is 0 Å². The van der Waals surface area contributed by atoms with E-state index in [0.717, 1.165) is 0 Å². The largest absolute Gasteiger partial charge is 0.853 e. The van der Waals surface area contributed by atoms with E-state index in [4.69, 9.17) is 9.47 Å². The first-order valence-corrected chi connectivity index (χ1v) is 17.7. The van der Waals surface area contributed by atoms with Gasteiger partial charge in [0.2, 0.25) is 9.84 Å². The molecule has 2 aromatic heterocycles. The van der Waals surface area contributed by atoms with Crippen molar-refractivity contribution in [2.45, 2.75) is 36.7 Å². The quantitative estimate of drug-likeness (QED) is 0.106. The van der Waals surface area contributed by atoms with Gasteiger partial charge < -0.3 is 19.7 Å². The van der Waals surface area contributed by atoms with Crippen LogP contribution in [0.25, 0.3) is 0 Å². The summed E-state index contributed by atoms with van der Waals surface area (Å²) in [7, 11) is -0.260. The molecule has 0 spiro atoms. The summed E-state index contributed by atoms with van der Waals surface area (Å²) < 4.78 is 45.8. The van der Waals surface area contributed by atoms with Crippen LogP contribution in [0.3, 0.4) is 0 Å². The number of nitrogens with zero attached hydrogens (tertiary/aromatic N) is 6. The van der Waals surface area contributed by atoms with Crippen molar-refractivity contribution < 1.29 is 37.2 Å². The van der Waals surface area contributed by atoms with Gasteiger partial charge in [-0.05, 0) is 86.6 Å². The maximum atomic E-state index is 13.4. The Bertz CT molecular complexity index is 2180. The number of ether oxygens (including phenoxy) is 2. The second-order valence-corrected chi connectivity index (χ2v) is 13.5. The zero-order valence-corrected chi connectivity index (χ0v) is 29.3. The summed E-state index contributed by atoms with van der Waals surface area (Å²) in [5, 5.41) is 25.7. The van der Waals surface area contributed by atoms with Crippen LogP contribution in [-0.4, -0.2) is 29.3 Å². The average molecular weight is 705 g/mol. The molecule has 0 saturated heterocycles. The van der Waals surface area contributed by atoms with Crippen molar-refractivity contribution in [3.63, 3.8) is 0 Å². The molecule has 6 rings (SSSR count). The van der Waals surface area contributed by atoms with Crippen LogP contribution in [0.4, 0.5) is 11.4 Å². The number of sulfone groups is 1. The van der Waals surface area contributed by atoms with Crippen LogP contribution < -0.4 is 28.8 Å². The fourth-order valence-electron chi connectivity index (χ4n) is 5.46. The number of aliphatic imine (C=N–C) groups is 2. The van der Waals surface area contributed by atoms with E-state index in [1.54, 1.807) is 108 Å². The molecular weight excluding hydrogens is 669 g/mol. The van der Waals surface area contributed by atoms with E-state index in [9.17, 15) is 18.6 Å². The van der Waals surface area contributed by atoms with Crippen molar-refractivity contribution in [2.75, 3.05) is 0 Å². The van der Waals surface area contributed by atoms with E-state index in [-0.39, 0.29) is 21.6 Å². The molecule has 0 N–H and O–H groups in total. The molecule has 0 aliphatic carbocycles. The molecule has 260 valence electrons. The zero-order valence-electron chi connectivity index (χ0n) is 28.5. The highest BCUT2D eigenvalue weighted by atomic mass is 32.2. The van der Waals surface area contributed by atoms with Crippen molar-refractivity contribution >= 4 is 33.0 Å². The first kappa shape index (κ1) is 34.6. The van der Waals surface area contributed by atoms with Gasteiger partial charge in [0, 0.05) is 12.1 Å². The molecule has 0 bridgehead atoms. The molecular formula is C38H36N6O6S. The lowest BCUT2D eigenvalue weighted by Crippen LogP contribution is -2.40. The predicted octanol–water partition coefficient (Wildman–Crippen LogP) is 4.27. The van der Waals surface area contributed by atoms with Crippen LogP contribution in [-0.2, 0) is 37.0 Å². The van der Waals surface area contributed by atoms with Gasteiger partial charge in [-0.3, -0.25) is 9.98 Å². The number of hydrogen-bond acceptors (Lipinski definition) is 8. The molecule has 0 unspecified atom stereocenters.